The minimum absolute atomic E-state index is 0.0605. The van der Waals surface area contributed by atoms with E-state index in [1.165, 1.54) is 0 Å². The fourth-order valence-electron chi connectivity index (χ4n) is 1.28. The number of oxime groups is 1. The first-order chi connectivity index (χ1) is 6.72. The van der Waals surface area contributed by atoms with E-state index in [1.807, 2.05) is 0 Å². The van der Waals surface area contributed by atoms with E-state index in [4.69, 9.17) is 10.9 Å². The van der Waals surface area contributed by atoms with Crippen LogP contribution in [0.15, 0.2) is 11.5 Å². The highest BCUT2D eigenvalue weighted by atomic mass is 16.4. The van der Waals surface area contributed by atoms with E-state index in [-0.39, 0.29) is 11.7 Å². The van der Waals surface area contributed by atoms with Gasteiger partial charge in [-0.05, 0) is 12.8 Å². The molecule has 0 saturated carbocycles. The summed E-state index contributed by atoms with van der Waals surface area (Å²) >= 11 is 0. The van der Waals surface area contributed by atoms with E-state index in [0.717, 1.165) is 12.8 Å². The van der Waals surface area contributed by atoms with Gasteiger partial charge < -0.3 is 10.9 Å². The number of aromatic nitrogens is 3. The van der Waals surface area contributed by atoms with Gasteiger partial charge in [0.05, 0.1) is 6.04 Å². The maximum atomic E-state index is 8.42. The fraction of sp³-hybridized carbons (Fsp3) is 0.625. The van der Waals surface area contributed by atoms with Crippen LogP contribution in [0.4, 0.5) is 0 Å². The Kier molecular flexibility index (Phi) is 3.44. The molecule has 0 aliphatic carbocycles. The first-order valence-corrected chi connectivity index (χ1v) is 4.61. The van der Waals surface area contributed by atoms with Gasteiger partial charge in [-0.25, -0.2) is 9.67 Å². The second kappa shape index (κ2) is 4.59. The van der Waals surface area contributed by atoms with Crippen molar-refractivity contribution in [1.82, 2.24) is 14.8 Å². The van der Waals surface area contributed by atoms with Crippen molar-refractivity contribution < 1.29 is 5.21 Å². The summed E-state index contributed by atoms with van der Waals surface area (Å²) < 4.78 is 1.74. The summed E-state index contributed by atoms with van der Waals surface area (Å²) in [5.74, 6) is 0.203. The average Bonchev–Trinajstić information content (AvgIpc) is 2.68. The molecule has 0 bridgehead atoms. The topological polar surface area (TPSA) is 89.3 Å². The summed E-state index contributed by atoms with van der Waals surface area (Å²) in [6, 6.07) is 0.322. The molecule has 0 radical (unpaired) electrons. The molecular formula is C8H15N5O. The summed E-state index contributed by atoms with van der Waals surface area (Å²) in [5.41, 5.74) is 5.35. The predicted molar refractivity (Wildman–Crippen MR) is 52.2 cm³/mol. The molecule has 6 heteroatoms. The molecule has 14 heavy (non-hydrogen) atoms. The molecule has 6 nitrogen and oxygen atoms in total. The van der Waals surface area contributed by atoms with Crippen molar-refractivity contribution >= 4 is 5.84 Å². The third-order valence-corrected chi connectivity index (χ3v) is 2.16. The molecule has 0 fully saturated rings. The van der Waals surface area contributed by atoms with Gasteiger partial charge in [0.25, 0.3) is 0 Å². The molecule has 1 aromatic rings. The molecule has 0 aliphatic rings. The predicted octanol–water partition coefficient (Wildman–Crippen LogP) is 0.734. The lowest BCUT2D eigenvalue weighted by atomic mass is 10.2. The highest BCUT2D eigenvalue weighted by molar-refractivity contribution is 5.93. The van der Waals surface area contributed by atoms with E-state index in [0.29, 0.717) is 6.04 Å². The van der Waals surface area contributed by atoms with Gasteiger partial charge in [0.15, 0.2) is 0 Å². The van der Waals surface area contributed by atoms with E-state index in [1.54, 1.807) is 11.0 Å². The summed E-state index contributed by atoms with van der Waals surface area (Å²) in [6.45, 7) is 4.16. The molecule has 0 aliphatic heterocycles. The summed E-state index contributed by atoms with van der Waals surface area (Å²) in [7, 11) is 0. The Bertz CT molecular complexity index is 315. The molecule has 1 heterocycles. The Balaban J connectivity index is 2.87. The molecule has 0 unspecified atom stereocenters. The molecule has 0 spiro atoms. The fourth-order valence-corrected chi connectivity index (χ4v) is 1.28. The van der Waals surface area contributed by atoms with E-state index >= 15 is 0 Å². The normalized spacial score (nSPS) is 12.4. The van der Waals surface area contributed by atoms with Gasteiger partial charge in [0.2, 0.25) is 11.7 Å². The molecule has 0 aromatic carbocycles. The molecular weight excluding hydrogens is 182 g/mol. The maximum absolute atomic E-state index is 8.42. The van der Waals surface area contributed by atoms with Crippen LogP contribution in [0.5, 0.6) is 0 Å². The Morgan fingerprint density at radius 3 is 2.79 bits per heavy atom. The molecule has 0 amide bonds. The Hall–Kier alpha value is -1.59. The SMILES string of the molecule is CCC(CC)n1cnc(C(N)=NO)n1. The second-order valence-corrected chi connectivity index (χ2v) is 3.00. The van der Waals surface area contributed by atoms with Crippen molar-refractivity contribution in [2.45, 2.75) is 32.7 Å². The first kappa shape index (κ1) is 10.5. The largest absolute Gasteiger partial charge is 0.409 e. The third-order valence-electron chi connectivity index (χ3n) is 2.16. The van der Waals surface area contributed by atoms with Crippen molar-refractivity contribution in [2.24, 2.45) is 10.9 Å². The Morgan fingerprint density at radius 2 is 2.29 bits per heavy atom. The Morgan fingerprint density at radius 1 is 1.64 bits per heavy atom. The van der Waals surface area contributed by atoms with Crippen molar-refractivity contribution in [3.8, 4) is 0 Å². The molecule has 0 saturated heterocycles. The van der Waals surface area contributed by atoms with Crippen LogP contribution in [-0.4, -0.2) is 25.8 Å². The molecule has 0 atom stereocenters. The van der Waals surface area contributed by atoms with Gasteiger partial charge >= 0.3 is 0 Å². The molecule has 3 N–H and O–H groups in total. The van der Waals surface area contributed by atoms with Gasteiger partial charge in [0, 0.05) is 0 Å². The number of nitrogens with two attached hydrogens (primary N) is 1. The lowest BCUT2D eigenvalue weighted by Crippen LogP contribution is -2.16. The minimum Gasteiger partial charge on any atom is -0.409 e. The van der Waals surface area contributed by atoms with Gasteiger partial charge in [-0.3, -0.25) is 0 Å². The smallest absolute Gasteiger partial charge is 0.219 e. The minimum atomic E-state index is -0.0605. The quantitative estimate of drug-likeness (QED) is 0.322. The molecule has 78 valence electrons. The van der Waals surface area contributed by atoms with Crippen molar-refractivity contribution in [3.05, 3.63) is 12.2 Å². The van der Waals surface area contributed by atoms with Crippen LogP contribution >= 0.6 is 0 Å². The average molecular weight is 197 g/mol. The highest BCUT2D eigenvalue weighted by Crippen LogP contribution is 2.12. The zero-order valence-electron chi connectivity index (χ0n) is 8.38. The number of rotatable bonds is 4. The van der Waals surface area contributed by atoms with E-state index in [2.05, 4.69) is 29.1 Å². The highest BCUT2D eigenvalue weighted by Gasteiger charge is 2.10. The van der Waals surface area contributed by atoms with Crippen molar-refractivity contribution in [1.29, 1.82) is 0 Å². The van der Waals surface area contributed by atoms with Crippen LogP contribution in [0.3, 0.4) is 0 Å². The van der Waals surface area contributed by atoms with Crippen molar-refractivity contribution in [2.75, 3.05) is 0 Å². The van der Waals surface area contributed by atoms with Crippen LogP contribution in [0.2, 0.25) is 0 Å². The first-order valence-electron chi connectivity index (χ1n) is 4.61. The standard InChI is InChI=1S/C8H15N5O/c1-3-6(4-2)13-5-10-8(11-13)7(9)12-14/h5-6,14H,3-4H2,1-2H3,(H2,9,12). The lowest BCUT2D eigenvalue weighted by Gasteiger charge is -2.10. The van der Waals surface area contributed by atoms with Gasteiger partial charge in [-0.1, -0.05) is 19.0 Å². The number of amidine groups is 1. The van der Waals surface area contributed by atoms with Gasteiger partial charge in [-0.15, -0.1) is 5.10 Å². The number of hydrogen-bond acceptors (Lipinski definition) is 4. The van der Waals surface area contributed by atoms with E-state index in [9.17, 15) is 0 Å². The monoisotopic (exact) mass is 197 g/mol. The number of nitrogens with zero attached hydrogens (tertiary/aromatic N) is 4. The van der Waals surface area contributed by atoms with Crippen LogP contribution < -0.4 is 5.73 Å². The number of hydrogen-bond donors (Lipinski definition) is 2. The summed E-state index contributed by atoms with van der Waals surface area (Å²) in [6.07, 6.45) is 3.57. The van der Waals surface area contributed by atoms with E-state index < -0.39 is 0 Å². The maximum Gasteiger partial charge on any atom is 0.219 e. The summed E-state index contributed by atoms with van der Waals surface area (Å²) in [5, 5.41) is 15.4. The van der Waals surface area contributed by atoms with Gasteiger partial charge in [-0.2, -0.15) is 0 Å². The van der Waals surface area contributed by atoms with Crippen LogP contribution in [0.25, 0.3) is 0 Å². The Labute approximate surface area is 82.4 Å². The van der Waals surface area contributed by atoms with Crippen molar-refractivity contribution in [3.63, 3.8) is 0 Å². The second-order valence-electron chi connectivity index (χ2n) is 3.00. The zero-order chi connectivity index (χ0) is 10.6. The third kappa shape index (κ3) is 2.01. The van der Waals surface area contributed by atoms with Crippen LogP contribution in [-0.2, 0) is 0 Å². The lowest BCUT2D eigenvalue weighted by molar-refractivity contribution is 0.318. The molecule has 1 rings (SSSR count). The molecule has 1 aromatic heterocycles. The summed E-state index contributed by atoms with van der Waals surface area (Å²) in [4.78, 5) is 3.94. The van der Waals surface area contributed by atoms with Crippen LogP contribution in [0, 0.1) is 0 Å². The zero-order valence-corrected chi connectivity index (χ0v) is 8.38. The van der Waals surface area contributed by atoms with Crippen LogP contribution in [0.1, 0.15) is 38.6 Å². The van der Waals surface area contributed by atoms with Gasteiger partial charge in [0.1, 0.15) is 6.33 Å².